The van der Waals surface area contributed by atoms with Gasteiger partial charge in [0, 0.05) is 22.7 Å². The first-order valence-electron chi connectivity index (χ1n) is 5.82. The summed E-state index contributed by atoms with van der Waals surface area (Å²) in [4.78, 5) is 10.9. The first-order valence-corrected chi connectivity index (χ1v) is 6.61. The minimum Gasteiger partial charge on any atom is -0.493 e. The van der Waals surface area contributed by atoms with Gasteiger partial charge < -0.3 is 9.30 Å². The molecule has 0 saturated carbocycles. The van der Waals surface area contributed by atoms with Gasteiger partial charge in [-0.15, -0.1) is 0 Å². The lowest BCUT2D eigenvalue weighted by molar-refractivity contribution is 0.111. The highest BCUT2D eigenvalue weighted by Crippen LogP contribution is 2.33. The molecule has 4 heteroatoms. The highest BCUT2D eigenvalue weighted by molar-refractivity contribution is 9.10. The minimum absolute atomic E-state index is 0.656. The summed E-state index contributed by atoms with van der Waals surface area (Å²) in [7, 11) is 0. The SMILES string of the molecule is O=Cc1cccn1Cc1cc(Br)cc2c1OCC2. The lowest BCUT2D eigenvalue weighted by Gasteiger charge is -2.11. The second kappa shape index (κ2) is 4.61. The van der Waals surface area contributed by atoms with Crippen LogP contribution in [0.15, 0.2) is 34.9 Å². The summed E-state index contributed by atoms with van der Waals surface area (Å²) in [5.41, 5.74) is 3.03. The third-order valence-electron chi connectivity index (χ3n) is 3.15. The van der Waals surface area contributed by atoms with Gasteiger partial charge in [0.1, 0.15) is 5.75 Å². The number of fused-ring (bicyclic) bond motifs is 1. The van der Waals surface area contributed by atoms with Crippen LogP contribution >= 0.6 is 15.9 Å². The summed E-state index contributed by atoms with van der Waals surface area (Å²) in [6, 6.07) is 7.84. The van der Waals surface area contributed by atoms with E-state index in [-0.39, 0.29) is 0 Å². The van der Waals surface area contributed by atoms with Gasteiger partial charge in [-0.05, 0) is 29.8 Å². The summed E-state index contributed by atoms with van der Waals surface area (Å²) in [5, 5.41) is 0. The van der Waals surface area contributed by atoms with Crippen LogP contribution in [0.3, 0.4) is 0 Å². The first kappa shape index (κ1) is 11.5. The van der Waals surface area contributed by atoms with E-state index in [4.69, 9.17) is 4.74 Å². The number of aldehydes is 1. The number of hydrogen-bond donors (Lipinski definition) is 0. The van der Waals surface area contributed by atoms with Crippen molar-refractivity contribution in [2.24, 2.45) is 0 Å². The monoisotopic (exact) mass is 305 g/mol. The molecule has 2 heterocycles. The Hall–Kier alpha value is -1.55. The molecule has 0 unspecified atom stereocenters. The van der Waals surface area contributed by atoms with Gasteiger partial charge in [0.15, 0.2) is 6.29 Å². The van der Waals surface area contributed by atoms with Crippen molar-refractivity contribution in [1.82, 2.24) is 4.57 Å². The Morgan fingerprint density at radius 2 is 2.33 bits per heavy atom. The predicted octanol–water partition coefficient (Wildman–Crippen LogP) is 3.05. The molecule has 0 aliphatic carbocycles. The Kier molecular flexibility index (Phi) is 2.96. The molecule has 0 spiro atoms. The molecule has 1 aliphatic heterocycles. The van der Waals surface area contributed by atoms with Crippen molar-refractivity contribution in [2.45, 2.75) is 13.0 Å². The molecule has 0 saturated heterocycles. The number of carbonyl (C=O) groups is 1. The summed E-state index contributed by atoms with van der Waals surface area (Å²) < 4.78 is 8.67. The Morgan fingerprint density at radius 1 is 1.44 bits per heavy atom. The molecule has 18 heavy (non-hydrogen) atoms. The molecule has 0 bridgehead atoms. The number of benzene rings is 1. The molecule has 92 valence electrons. The van der Waals surface area contributed by atoms with Crippen LogP contribution in [0.1, 0.15) is 21.6 Å². The fourth-order valence-corrected chi connectivity index (χ4v) is 2.88. The normalized spacial score (nSPS) is 13.2. The fourth-order valence-electron chi connectivity index (χ4n) is 2.33. The maximum Gasteiger partial charge on any atom is 0.166 e. The van der Waals surface area contributed by atoms with E-state index in [0.717, 1.165) is 35.1 Å². The van der Waals surface area contributed by atoms with Gasteiger partial charge in [-0.2, -0.15) is 0 Å². The minimum atomic E-state index is 0.656. The van der Waals surface area contributed by atoms with E-state index < -0.39 is 0 Å². The van der Waals surface area contributed by atoms with E-state index in [9.17, 15) is 4.79 Å². The zero-order valence-corrected chi connectivity index (χ0v) is 11.3. The number of rotatable bonds is 3. The van der Waals surface area contributed by atoms with Crippen LogP contribution < -0.4 is 4.74 Å². The zero-order valence-electron chi connectivity index (χ0n) is 9.73. The molecule has 1 aromatic heterocycles. The second-order valence-corrected chi connectivity index (χ2v) is 5.25. The molecule has 3 rings (SSSR count). The summed E-state index contributed by atoms with van der Waals surface area (Å²) in [6.07, 6.45) is 3.74. The zero-order chi connectivity index (χ0) is 12.5. The number of carbonyl (C=O) groups excluding carboxylic acids is 1. The van der Waals surface area contributed by atoms with Gasteiger partial charge >= 0.3 is 0 Å². The van der Waals surface area contributed by atoms with Crippen molar-refractivity contribution in [3.63, 3.8) is 0 Å². The van der Waals surface area contributed by atoms with E-state index in [0.29, 0.717) is 12.2 Å². The third kappa shape index (κ3) is 1.97. The molecule has 1 aliphatic rings. The molecular formula is C14H12BrNO2. The maximum absolute atomic E-state index is 10.9. The smallest absolute Gasteiger partial charge is 0.166 e. The summed E-state index contributed by atoms with van der Waals surface area (Å²) in [5.74, 6) is 0.976. The molecule has 1 aromatic carbocycles. The largest absolute Gasteiger partial charge is 0.493 e. The lowest BCUT2D eigenvalue weighted by atomic mass is 10.1. The Morgan fingerprint density at radius 3 is 3.17 bits per heavy atom. The molecule has 0 amide bonds. The molecule has 0 N–H and O–H groups in total. The third-order valence-corrected chi connectivity index (χ3v) is 3.61. The van der Waals surface area contributed by atoms with Crippen LogP contribution in [-0.2, 0) is 13.0 Å². The van der Waals surface area contributed by atoms with E-state index >= 15 is 0 Å². The molecule has 0 fully saturated rings. The van der Waals surface area contributed by atoms with Gasteiger partial charge in [-0.25, -0.2) is 0 Å². The van der Waals surface area contributed by atoms with Gasteiger partial charge in [0.2, 0.25) is 0 Å². The average molecular weight is 306 g/mol. The van der Waals surface area contributed by atoms with Crippen molar-refractivity contribution in [2.75, 3.05) is 6.61 Å². The average Bonchev–Trinajstić information content (AvgIpc) is 2.96. The molecule has 0 atom stereocenters. The van der Waals surface area contributed by atoms with Crippen molar-refractivity contribution >= 4 is 22.2 Å². The van der Waals surface area contributed by atoms with Crippen LogP contribution in [-0.4, -0.2) is 17.5 Å². The van der Waals surface area contributed by atoms with E-state index in [1.807, 2.05) is 22.9 Å². The van der Waals surface area contributed by atoms with Gasteiger partial charge in [0.05, 0.1) is 18.8 Å². The summed E-state index contributed by atoms with van der Waals surface area (Å²) >= 11 is 3.52. The topological polar surface area (TPSA) is 31.2 Å². The first-order chi connectivity index (χ1) is 8.78. The van der Waals surface area contributed by atoms with Crippen LogP contribution in [0, 0.1) is 0 Å². The van der Waals surface area contributed by atoms with Crippen molar-refractivity contribution in [3.8, 4) is 5.75 Å². The molecule has 2 aromatic rings. The summed E-state index contributed by atoms with van der Waals surface area (Å²) in [6.45, 7) is 1.40. The Balaban J connectivity index is 2.00. The standard InChI is InChI=1S/C14H12BrNO2/c15-12-6-10-3-5-18-14(10)11(7-12)8-16-4-1-2-13(16)9-17/h1-2,4,6-7,9H,3,5,8H2. The lowest BCUT2D eigenvalue weighted by Crippen LogP contribution is -2.04. The van der Waals surface area contributed by atoms with Gasteiger partial charge in [-0.3, -0.25) is 4.79 Å². The van der Waals surface area contributed by atoms with Crippen molar-refractivity contribution in [1.29, 1.82) is 0 Å². The number of halogens is 1. The molecule has 3 nitrogen and oxygen atoms in total. The second-order valence-electron chi connectivity index (χ2n) is 4.33. The number of aromatic nitrogens is 1. The molecule has 0 radical (unpaired) electrons. The van der Waals surface area contributed by atoms with Crippen LogP contribution in [0.5, 0.6) is 5.75 Å². The van der Waals surface area contributed by atoms with E-state index in [2.05, 4.69) is 28.1 Å². The van der Waals surface area contributed by atoms with Crippen molar-refractivity contribution < 1.29 is 9.53 Å². The predicted molar refractivity (Wildman–Crippen MR) is 72.3 cm³/mol. The Labute approximate surface area is 114 Å². The van der Waals surface area contributed by atoms with E-state index in [1.165, 1.54) is 5.56 Å². The maximum atomic E-state index is 10.9. The number of hydrogen-bond acceptors (Lipinski definition) is 2. The fraction of sp³-hybridized carbons (Fsp3) is 0.214. The van der Waals surface area contributed by atoms with Gasteiger partial charge in [-0.1, -0.05) is 15.9 Å². The van der Waals surface area contributed by atoms with Crippen LogP contribution in [0.4, 0.5) is 0 Å². The van der Waals surface area contributed by atoms with Crippen molar-refractivity contribution in [3.05, 3.63) is 51.8 Å². The molecular weight excluding hydrogens is 294 g/mol. The van der Waals surface area contributed by atoms with E-state index in [1.54, 1.807) is 0 Å². The van der Waals surface area contributed by atoms with Gasteiger partial charge in [0.25, 0.3) is 0 Å². The number of nitrogens with zero attached hydrogens (tertiary/aromatic N) is 1. The number of ether oxygens (including phenoxy) is 1. The van der Waals surface area contributed by atoms with Crippen LogP contribution in [0.2, 0.25) is 0 Å². The van der Waals surface area contributed by atoms with Crippen LogP contribution in [0.25, 0.3) is 0 Å². The Bertz CT molecular complexity index is 604. The highest BCUT2D eigenvalue weighted by Gasteiger charge is 2.17. The quantitative estimate of drug-likeness (QED) is 0.816. The highest BCUT2D eigenvalue weighted by atomic mass is 79.9.